The van der Waals surface area contributed by atoms with Crippen LogP contribution in [0, 0.1) is 11.3 Å². The maximum Gasteiger partial charge on any atom is 0.120 e. The fourth-order valence-corrected chi connectivity index (χ4v) is 2.39. The van der Waals surface area contributed by atoms with Crippen molar-refractivity contribution in [2.24, 2.45) is 5.73 Å². The maximum atomic E-state index is 8.99. The van der Waals surface area contributed by atoms with Gasteiger partial charge in [0.25, 0.3) is 0 Å². The number of rotatable bonds is 5. The Morgan fingerprint density at radius 3 is 2.70 bits per heavy atom. The molecule has 2 aromatic rings. The van der Waals surface area contributed by atoms with Gasteiger partial charge in [0.05, 0.1) is 5.57 Å². The minimum atomic E-state index is 0.0618. The van der Waals surface area contributed by atoms with Crippen LogP contribution < -0.4 is 10.5 Å². The summed E-state index contributed by atoms with van der Waals surface area (Å²) in [5.74, 6) is 0.644. The lowest BCUT2D eigenvalue weighted by Gasteiger charge is -2.09. The van der Waals surface area contributed by atoms with E-state index in [4.69, 9.17) is 51.2 Å². The highest BCUT2D eigenvalue weighted by Gasteiger charge is 2.04. The maximum absolute atomic E-state index is 8.99. The van der Waals surface area contributed by atoms with Gasteiger partial charge in [0, 0.05) is 15.6 Å². The van der Waals surface area contributed by atoms with E-state index in [1.807, 2.05) is 30.3 Å². The lowest BCUT2D eigenvalue weighted by molar-refractivity contribution is 0.306. The molecule has 0 fully saturated rings. The van der Waals surface area contributed by atoms with Crippen molar-refractivity contribution in [3.63, 3.8) is 0 Å². The summed E-state index contributed by atoms with van der Waals surface area (Å²) in [7, 11) is 0. The van der Waals surface area contributed by atoms with Crippen molar-refractivity contribution in [2.45, 2.75) is 6.61 Å². The van der Waals surface area contributed by atoms with Crippen LogP contribution in [-0.2, 0) is 6.61 Å². The molecule has 0 aliphatic carbocycles. The minimum Gasteiger partial charge on any atom is -0.489 e. The average Bonchev–Trinajstić information content (AvgIpc) is 2.52. The molecule has 0 saturated heterocycles. The van der Waals surface area contributed by atoms with Crippen molar-refractivity contribution in [3.8, 4) is 11.8 Å². The lowest BCUT2D eigenvalue weighted by Crippen LogP contribution is -2.09. The molecule has 0 radical (unpaired) electrons. The van der Waals surface area contributed by atoms with Crippen LogP contribution in [0.3, 0.4) is 0 Å². The smallest absolute Gasteiger partial charge is 0.120 e. The molecule has 116 valence electrons. The molecule has 0 saturated carbocycles. The number of hydrogen-bond donors (Lipinski definition) is 1. The average molecular weight is 363 g/mol. The van der Waals surface area contributed by atoms with Crippen molar-refractivity contribution >= 4 is 46.5 Å². The molecular formula is C17H12Cl2N2OS. The second-order valence-electron chi connectivity index (χ2n) is 4.63. The molecule has 0 aromatic heterocycles. The summed E-state index contributed by atoms with van der Waals surface area (Å²) in [5, 5.41) is 10.1. The Kier molecular flexibility index (Phi) is 6.00. The van der Waals surface area contributed by atoms with Gasteiger partial charge in [0.15, 0.2) is 0 Å². The topological polar surface area (TPSA) is 59.0 Å². The molecule has 0 bridgehead atoms. The number of benzene rings is 2. The van der Waals surface area contributed by atoms with Gasteiger partial charge in [-0.3, -0.25) is 0 Å². The molecule has 0 atom stereocenters. The largest absolute Gasteiger partial charge is 0.489 e. The van der Waals surface area contributed by atoms with Crippen LogP contribution in [0.25, 0.3) is 6.08 Å². The molecule has 6 heteroatoms. The van der Waals surface area contributed by atoms with Crippen LogP contribution in [0.15, 0.2) is 48.0 Å². The van der Waals surface area contributed by atoms with Crippen molar-refractivity contribution in [1.29, 1.82) is 5.26 Å². The Morgan fingerprint density at radius 2 is 2.04 bits per heavy atom. The number of thiocarbonyl (C=S) groups is 1. The monoisotopic (exact) mass is 362 g/mol. The Hall–Kier alpha value is -2.06. The molecule has 0 aliphatic rings. The Bertz CT molecular complexity index is 812. The summed E-state index contributed by atoms with van der Waals surface area (Å²) in [6.45, 7) is 0.309. The second-order valence-corrected chi connectivity index (χ2v) is 5.91. The summed E-state index contributed by atoms with van der Waals surface area (Å²) < 4.78 is 5.73. The number of nitrogens with zero attached hydrogens (tertiary/aromatic N) is 1. The summed E-state index contributed by atoms with van der Waals surface area (Å²) >= 11 is 16.8. The van der Waals surface area contributed by atoms with E-state index in [0.717, 1.165) is 11.1 Å². The van der Waals surface area contributed by atoms with Gasteiger partial charge in [-0.15, -0.1) is 0 Å². The van der Waals surface area contributed by atoms with E-state index in [1.165, 1.54) is 0 Å². The van der Waals surface area contributed by atoms with Crippen molar-refractivity contribution in [1.82, 2.24) is 0 Å². The van der Waals surface area contributed by atoms with Gasteiger partial charge in [-0.25, -0.2) is 0 Å². The number of nitrogens with two attached hydrogens (primary N) is 1. The first-order valence-electron chi connectivity index (χ1n) is 6.58. The highest BCUT2D eigenvalue weighted by molar-refractivity contribution is 7.80. The molecular weight excluding hydrogens is 351 g/mol. The number of ether oxygens (including phenoxy) is 1. The molecule has 23 heavy (non-hydrogen) atoms. The third-order valence-electron chi connectivity index (χ3n) is 2.96. The van der Waals surface area contributed by atoms with E-state index in [2.05, 4.69) is 0 Å². The predicted octanol–water partition coefficient (Wildman–Crippen LogP) is 4.77. The van der Waals surface area contributed by atoms with E-state index in [-0.39, 0.29) is 10.6 Å². The molecule has 0 amide bonds. The number of nitriles is 1. The Morgan fingerprint density at radius 1 is 1.26 bits per heavy atom. The van der Waals surface area contributed by atoms with Gasteiger partial charge in [0.2, 0.25) is 0 Å². The molecule has 0 heterocycles. The highest BCUT2D eigenvalue weighted by atomic mass is 35.5. The predicted molar refractivity (Wildman–Crippen MR) is 97.6 cm³/mol. The Labute approximate surface area is 149 Å². The van der Waals surface area contributed by atoms with Crippen LogP contribution in [0.4, 0.5) is 0 Å². The standard InChI is InChI=1S/C17H12Cl2N2OS/c18-14-5-4-12(16(19)8-14)10-22-15-3-1-2-11(7-15)6-13(9-20)17(21)23/h1-8H,10H2,(H2,21,23)/b13-6+. The lowest BCUT2D eigenvalue weighted by atomic mass is 10.1. The third kappa shape index (κ3) is 4.97. The van der Waals surface area contributed by atoms with Crippen molar-refractivity contribution < 1.29 is 4.74 Å². The van der Waals surface area contributed by atoms with Gasteiger partial charge in [0.1, 0.15) is 23.4 Å². The van der Waals surface area contributed by atoms with Crippen LogP contribution in [0.1, 0.15) is 11.1 Å². The van der Waals surface area contributed by atoms with Gasteiger partial charge >= 0.3 is 0 Å². The zero-order chi connectivity index (χ0) is 16.8. The number of halogens is 2. The zero-order valence-electron chi connectivity index (χ0n) is 11.9. The van der Waals surface area contributed by atoms with E-state index < -0.39 is 0 Å². The zero-order valence-corrected chi connectivity index (χ0v) is 14.3. The van der Waals surface area contributed by atoms with Crippen LogP contribution >= 0.6 is 35.4 Å². The fraction of sp³-hybridized carbons (Fsp3) is 0.0588. The molecule has 0 spiro atoms. The van der Waals surface area contributed by atoms with Crippen molar-refractivity contribution in [3.05, 3.63) is 69.2 Å². The highest BCUT2D eigenvalue weighted by Crippen LogP contribution is 2.23. The summed E-state index contributed by atoms with van der Waals surface area (Å²) in [5.41, 5.74) is 7.33. The van der Waals surface area contributed by atoms with Crippen LogP contribution in [0.5, 0.6) is 5.75 Å². The first kappa shape index (κ1) is 17.3. The van der Waals surface area contributed by atoms with E-state index >= 15 is 0 Å². The first-order valence-corrected chi connectivity index (χ1v) is 7.74. The summed E-state index contributed by atoms with van der Waals surface area (Å²) in [4.78, 5) is 0.0618. The molecule has 2 N–H and O–H groups in total. The SMILES string of the molecule is N#C/C(=C\c1cccc(OCc2ccc(Cl)cc2Cl)c1)C(N)=S. The molecule has 2 aromatic carbocycles. The third-order valence-corrected chi connectivity index (χ3v) is 3.77. The second kappa shape index (κ2) is 7.98. The number of hydrogen-bond acceptors (Lipinski definition) is 3. The van der Waals surface area contributed by atoms with E-state index in [1.54, 1.807) is 24.3 Å². The normalized spacial score (nSPS) is 10.9. The fourth-order valence-electron chi connectivity index (χ4n) is 1.82. The Balaban J connectivity index is 2.14. The van der Waals surface area contributed by atoms with Crippen LogP contribution in [0.2, 0.25) is 10.0 Å². The van der Waals surface area contributed by atoms with Gasteiger partial charge < -0.3 is 10.5 Å². The van der Waals surface area contributed by atoms with E-state index in [0.29, 0.717) is 22.4 Å². The van der Waals surface area contributed by atoms with Crippen molar-refractivity contribution in [2.75, 3.05) is 0 Å². The summed E-state index contributed by atoms with van der Waals surface area (Å²) in [6.07, 6.45) is 1.62. The molecule has 0 aliphatic heterocycles. The molecule has 3 nitrogen and oxygen atoms in total. The quantitative estimate of drug-likeness (QED) is 0.472. The minimum absolute atomic E-state index is 0.0618. The molecule has 2 rings (SSSR count). The summed E-state index contributed by atoms with van der Waals surface area (Å²) in [6, 6.07) is 14.5. The van der Waals surface area contributed by atoms with Crippen LogP contribution in [-0.4, -0.2) is 4.99 Å². The van der Waals surface area contributed by atoms with Gasteiger partial charge in [-0.2, -0.15) is 5.26 Å². The van der Waals surface area contributed by atoms with Gasteiger partial charge in [-0.1, -0.05) is 53.6 Å². The van der Waals surface area contributed by atoms with Gasteiger partial charge in [-0.05, 0) is 35.9 Å². The first-order chi connectivity index (χ1) is 11.0. The molecule has 0 unspecified atom stereocenters. The van der Waals surface area contributed by atoms with E-state index in [9.17, 15) is 0 Å².